The van der Waals surface area contributed by atoms with Gasteiger partial charge < -0.3 is 15.5 Å². The first-order chi connectivity index (χ1) is 9.56. The van der Waals surface area contributed by atoms with Crippen molar-refractivity contribution in [1.82, 2.24) is 9.80 Å². The summed E-state index contributed by atoms with van der Waals surface area (Å²) in [6.07, 6.45) is 7.92. The van der Waals surface area contributed by atoms with Gasteiger partial charge in [-0.25, -0.2) is 0 Å². The van der Waals surface area contributed by atoms with E-state index in [0.717, 1.165) is 12.5 Å². The molecule has 1 rings (SSSR count). The number of hydrogen-bond donors (Lipinski definition) is 1. The summed E-state index contributed by atoms with van der Waals surface area (Å²) in [5.74, 6) is 1.65. The fourth-order valence-electron chi connectivity index (χ4n) is 3.55. The molecule has 3 atom stereocenters. The molecule has 120 valence electrons. The number of rotatable bonds is 9. The van der Waals surface area contributed by atoms with Crippen molar-refractivity contribution in [3.8, 4) is 0 Å². The van der Waals surface area contributed by atoms with Crippen LogP contribution in [0.4, 0.5) is 0 Å². The van der Waals surface area contributed by atoms with Gasteiger partial charge in [0, 0.05) is 25.7 Å². The van der Waals surface area contributed by atoms with Gasteiger partial charge in [-0.3, -0.25) is 0 Å². The van der Waals surface area contributed by atoms with Crippen molar-refractivity contribution in [3.05, 3.63) is 0 Å². The highest BCUT2D eigenvalue weighted by Crippen LogP contribution is 2.31. The van der Waals surface area contributed by atoms with Gasteiger partial charge in [0.2, 0.25) is 0 Å². The van der Waals surface area contributed by atoms with Gasteiger partial charge >= 0.3 is 0 Å². The quantitative estimate of drug-likeness (QED) is 0.706. The lowest BCUT2D eigenvalue weighted by Gasteiger charge is -2.37. The second kappa shape index (κ2) is 9.75. The van der Waals surface area contributed by atoms with Crippen LogP contribution in [0.1, 0.15) is 52.4 Å². The fraction of sp³-hybridized carbons (Fsp3) is 1.00. The zero-order chi connectivity index (χ0) is 15.0. The summed E-state index contributed by atoms with van der Waals surface area (Å²) < 4.78 is 0. The van der Waals surface area contributed by atoms with E-state index in [0.29, 0.717) is 12.0 Å². The van der Waals surface area contributed by atoms with Crippen molar-refractivity contribution in [2.24, 2.45) is 17.6 Å². The summed E-state index contributed by atoms with van der Waals surface area (Å²) in [6.45, 7) is 9.36. The molecule has 0 spiro atoms. The molecule has 0 aromatic heterocycles. The molecule has 0 radical (unpaired) electrons. The van der Waals surface area contributed by atoms with Crippen LogP contribution >= 0.6 is 0 Å². The van der Waals surface area contributed by atoms with Gasteiger partial charge in [0.1, 0.15) is 0 Å². The van der Waals surface area contributed by atoms with Crippen LogP contribution in [-0.2, 0) is 0 Å². The molecular weight excluding hydrogens is 246 g/mol. The van der Waals surface area contributed by atoms with Gasteiger partial charge in [-0.15, -0.1) is 0 Å². The van der Waals surface area contributed by atoms with E-state index in [1.165, 1.54) is 58.2 Å². The molecule has 0 aliphatic heterocycles. The standard InChI is InChI=1S/C17H37N3/c1-5-7-15-8-9-17(18)16(13-15)14-20(10-6-2)12-11-19(3)4/h15-17H,5-14,18H2,1-4H3. The molecule has 0 bridgehead atoms. The minimum absolute atomic E-state index is 0.432. The molecule has 1 aliphatic carbocycles. The third-order valence-corrected chi connectivity index (χ3v) is 4.74. The van der Waals surface area contributed by atoms with Crippen molar-refractivity contribution >= 4 is 0 Å². The molecule has 1 aliphatic rings. The van der Waals surface area contributed by atoms with Crippen LogP contribution in [0.5, 0.6) is 0 Å². The van der Waals surface area contributed by atoms with Crippen LogP contribution in [-0.4, -0.2) is 56.1 Å². The lowest BCUT2D eigenvalue weighted by molar-refractivity contribution is 0.144. The van der Waals surface area contributed by atoms with Gasteiger partial charge in [-0.2, -0.15) is 0 Å². The summed E-state index contributed by atoms with van der Waals surface area (Å²) >= 11 is 0. The summed E-state index contributed by atoms with van der Waals surface area (Å²) in [4.78, 5) is 4.92. The monoisotopic (exact) mass is 283 g/mol. The first kappa shape index (κ1) is 17.9. The molecule has 0 aromatic carbocycles. The van der Waals surface area contributed by atoms with Crippen molar-refractivity contribution in [3.63, 3.8) is 0 Å². The van der Waals surface area contributed by atoms with Gasteiger partial charge in [0.15, 0.2) is 0 Å². The predicted octanol–water partition coefficient (Wildman–Crippen LogP) is 2.80. The molecule has 2 N–H and O–H groups in total. The predicted molar refractivity (Wildman–Crippen MR) is 89.0 cm³/mol. The Morgan fingerprint density at radius 2 is 1.75 bits per heavy atom. The van der Waals surface area contributed by atoms with E-state index >= 15 is 0 Å². The average Bonchev–Trinajstić information content (AvgIpc) is 2.40. The van der Waals surface area contributed by atoms with E-state index in [1.54, 1.807) is 0 Å². The highest BCUT2D eigenvalue weighted by molar-refractivity contribution is 4.84. The van der Waals surface area contributed by atoms with Crippen LogP contribution < -0.4 is 5.73 Å². The van der Waals surface area contributed by atoms with Crippen LogP contribution in [0.15, 0.2) is 0 Å². The maximum atomic E-state index is 6.40. The lowest BCUT2D eigenvalue weighted by atomic mass is 9.76. The molecule has 0 saturated heterocycles. The number of nitrogens with zero attached hydrogens (tertiary/aromatic N) is 2. The Labute approximate surface area is 126 Å². The second-order valence-electron chi connectivity index (χ2n) is 7.00. The molecule has 0 amide bonds. The molecule has 0 aromatic rings. The van der Waals surface area contributed by atoms with E-state index in [9.17, 15) is 0 Å². The summed E-state index contributed by atoms with van der Waals surface area (Å²) in [7, 11) is 4.32. The minimum Gasteiger partial charge on any atom is -0.327 e. The maximum absolute atomic E-state index is 6.40. The zero-order valence-electron chi connectivity index (χ0n) is 14.3. The molecule has 3 nitrogen and oxygen atoms in total. The Hall–Kier alpha value is -0.120. The third-order valence-electron chi connectivity index (χ3n) is 4.74. The van der Waals surface area contributed by atoms with Gasteiger partial charge in [-0.05, 0) is 58.2 Å². The van der Waals surface area contributed by atoms with E-state index in [4.69, 9.17) is 5.73 Å². The van der Waals surface area contributed by atoms with Crippen LogP contribution in [0.25, 0.3) is 0 Å². The van der Waals surface area contributed by atoms with E-state index in [-0.39, 0.29) is 0 Å². The Bertz CT molecular complexity index is 242. The molecule has 1 saturated carbocycles. The Balaban J connectivity index is 2.46. The average molecular weight is 284 g/mol. The van der Waals surface area contributed by atoms with Crippen molar-refractivity contribution in [2.75, 3.05) is 40.3 Å². The summed E-state index contributed by atoms with van der Waals surface area (Å²) in [5.41, 5.74) is 6.40. The van der Waals surface area contributed by atoms with E-state index in [2.05, 4.69) is 37.7 Å². The van der Waals surface area contributed by atoms with Gasteiger partial charge in [0.25, 0.3) is 0 Å². The van der Waals surface area contributed by atoms with Crippen molar-refractivity contribution < 1.29 is 0 Å². The SMILES string of the molecule is CCCC1CCC(N)C(CN(CCC)CCN(C)C)C1. The normalized spacial score (nSPS) is 27.4. The lowest BCUT2D eigenvalue weighted by Crippen LogP contribution is -2.44. The second-order valence-corrected chi connectivity index (χ2v) is 7.00. The fourth-order valence-corrected chi connectivity index (χ4v) is 3.55. The molecule has 1 fully saturated rings. The topological polar surface area (TPSA) is 32.5 Å². The summed E-state index contributed by atoms with van der Waals surface area (Å²) in [6, 6.07) is 0.432. The largest absolute Gasteiger partial charge is 0.327 e. The number of likely N-dealkylation sites (N-methyl/N-ethyl adjacent to an activating group) is 1. The Morgan fingerprint density at radius 1 is 1.00 bits per heavy atom. The van der Waals surface area contributed by atoms with E-state index in [1.807, 2.05) is 0 Å². The Kier molecular flexibility index (Phi) is 8.74. The van der Waals surface area contributed by atoms with Gasteiger partial charge in [0.05, 0.1) is 0 Å². The third kappa shape index (κ3) is 6.55. The summed E-state index contributed by atoms with van der Waals surface area (Å²) in [5, 5.41) is 0. The highest BCUT2D eigenvalue weighted by atomic mass is 15.2. The van der Waals surface area contributed by atoms with Crippen LogP contribution in [0.3, 0.4) is 0 Å². The van der Waals surface area contributed by atoms with Crippen molar-refractivity contribution in [1.29, 1.82) is 0 Å². The molecule has 3 heteroatoms. The smallest absolute Gasteiger partial charge is 0.0109 e. The van der Waals surface area contributed by atoms with Crippen LogP contribution in [0, 0.1) is 11.8 Å². The molecule has 3 unspecified atom stereocenters. The molecular formula is C17H37N3. The maximum Gasteiger partial charge on any atom is 0.0109 e. The highest BCUT2D eigenvalue weighted by Gasteiger charge is 2.28. The number of nitrogens with two attached hydrogens (primary N) is 1. The molecule has 0 heterocycles. The first-order valence-corrected chi connectivity index (χ1v) is 8.69. The van der Waals surface area contributed by atoms with Gasteiger partial charge in [-0.1, -0.05) is 26.7 Å². The van der Waals surface area contributed by atoms with E-state index < -0.39 is 0 Å². The van der Waals surface area contributed by atoms with Crippen molar-refractivity contribution in [2.45, 2.75) is 58.4 Å². The van der Waals surface area contributed by atoms with Crippen LogP contribution in [0.2, 0.25) is 0 Å². The Morgan fingerprint density at radius 3 is 2.35 bits per heavy atom. The first-order valence-electron chi connectivity index (χ1n) is 8.69. The minimum atomic E-state index is 0.432. The zero-order valence-corrected chi connectivity index (χ0v) is 14.3. The number of hydrogen-bond acceptors (Lipinski definition) is 3. The molecule has 20 heavy (non-hydrogen) atoms.